The van der Waals surface area contributed by atoms with E-state index < -0.39 is 6.04 Å². The fourth-order valence-corrected chi connectivity index (χ4v) is 5.17. The third-order valence-electron chi connectivity index (χ3n) is 7.23. The van der Waals surface area contributed by atoms with E-state index in [-0.39, 0.29) is 48.7 Å². The Balaban J connectivity index is 1.42. The highest BCUT2D eigenvalue weighted by Gasteiger charge is 2.35. The number of tetrazole rings is 1. The number of nitrogens with zero attached hydrogens (tertiary/aromatic N) is 5. The number of halogens is 1. The summed E-state index contributed by atoms with van der Waals surface area (Å²) in [5, 5.41) is 15.6. The Morgan fingerprint density at radius 1 is 1.08 bits per heavy atom. The quantitative estimate of drug-likeness (QED) is 0.463. The fourth-order valence-electron chi connectivity index (χ4n) is 5.17. The number of benzene rings is 2. The van der Waals surface area contributed by atoms with Gasteiger partial charge in [0, 0.05) is 24.8 Å². The van der Waals surface area contributed by atoms with Crippen molar-refractivity contribution in [3.05, 3.63) is 65.5 Å². The minimum Gasteiger partial charge on any atom is -0.376 e. The van der Waals surface area contributed by atoms with E-state index in [1.54, 1.807) is 17.0 Å². The van der Waals surface area contributed by atoms with Crippen molar-refractivity contribution in [3.8, 4) is 11.4 Å². The Hall–Kier alpha value is -3.66. The van der Waals surface area contributed by atoms with Crippen molar-refractivity contribution in [2.75, 3.05) is 13.2 Å². The van der Waals surface area contributed by atoms with Crippen molar-refractivity contribution in [1.82, 2.24) is 30.4 Å². The molecule has 5 rings (SSSR count). The maximum atomic E-state index is 13.8. The molecule has 0 unspecified atom stereocenters. The SMILES string of the molecule is Cc1ccc([C@H](C(=O)NC2CCCC2)N(C[C@@H]2CCCO2)C(=O)Cn2nnc(-c3ccc(F)cc3)n2)cc1. The number of hydrogen-bond acceptors (Lipinski definition) is 6. The largest absolute Gasteiger partial charge is 0.376 e. The Morgan fingerprint density at radius 3 is 2.50 bits per heavy atom. The molecule has 9 nitrogen and oxygen atoms in total. The van der Waals surface area contributed by atoms with Gasteiger partial charge in [0.05, 0.1) is 6.10 Å². The molecule has 1 aromatic heterocycles. The summed E-state index contributed by atoms with van der Waals surface area (Å²) in [5.74, 6) is -0.571. The van der Waals surface area contributed by atoms with Crippen molar-refractivity contribution < 1.29 is 18.7 Å². The summed E-state index contributed by atoms with van der Waals surface area (Å²) in [5.41, 5.74) is 2.41. The van der Waals surface area contributed by atoms with Crippen LogP contribution in [0.25, 0.3) is 11.4 Å². The van der Waals surface area contributed by atoms with Gasteiger partial charge in [-0.05, 0) is 67.6 Å². The Labute approximate surface area is 221 Å². The number of ether oxygens (including phenoxy) is 1. The van der Waals surface area contributed by atoms with Gasteiger partial charge in [-0.25, -0.2) is 4.39 Å². The molecule has 0 bridgehead atoms. The van der Waals surface area contributed by atoms with Crippen LogP contribution in [0.5, 0.6) is 0 Å². The number of aryl methyl sites for hydroxylation is 1. The number of nitrogens with one attached hydrogen (secondary N) is 1. The number of carbonyl (C=O) groups excluding carboxylic acids is 2. The van der Waals surface area contributed by atoms with Crippen molar-refractivity contribution in [2.45, 2.75) is 70.2 Å². The molecule has 2 aromatic carbocycles. The molecule has 2 fully saturated rings. The normalized spacial score (nSPS) is 18.4. The maximum Gasteiger partial charge on any atom is 0.247 e. The third-order valence-corrected chi connectivity index (χ3v) is 7.23. The average molecular weight is 521 g/mol. The molecule has 10 heteroatoms. The van der Waals surface area contributed by atoms with E-state index >= 15 is 0 Å². The molecular formula is C28H33FN6O3. The van der Waals surface area contributed by atoms with E-state index in [4.69, 9.17) is 4.74 Å². The average Bonchev–Trinajstić information content (AvgIpc) is 3.69. The van der Waals surface area contributed by atoms with Gasteiger partial charge in [0.25, 0.3) is 0 Å². The second-order valence-electron chi connectivity index (χ2n) is 10.1. The van der Waals surface area contributed by atoms with Crippen LogP contribution in [-0.4, -0.2) is 62.2 Å². The molecule has 0 spiro atoms. The molecule has 2 aliphatic rings. The van der Waals surface area contributed by atoms with Crippen LogP contribution in [0.3, 0.4) is 0 Å². The van der Waals surface area contributed by atoms with Crippen LogP contribution in [0.4, 0.5) is 4.39 Å². The van der Waals surface area contributed by atoms with Gasteiger partial charge in [-0.15, -0.1) is 10.2 Å². The molecule has 1 saturated carbocycles. The van der Waals surface area contributed by atoms with E-state index in [2.05, 4.69) is 20.7 Å². The summed E-state index contributed by atoms with van der Waals surface area (Å²) in [7, 11) is 0. The fraction of sp³-hybridized carbons (Fsp3) is 0.464. The van der Waals surface area contributed by atoms with Crippen LogP contribution >= 0.6 is 0 Å². The van der Waals surface area contributed by atoms with Crippen molar-refractivity contribution in [3.63, 3.8) is 0 Å². The lowest BCUT2D eigenvalue weighted by atomic mass is 10.0. The number of aromatic nitrogens is 4. The lowest BCUT2D eigenvalue weighted by molar-refractivity contribution is -0.143. The van der Waals surface area contributed by atoms with Crippen LogP contribution in [0, 0.1) is 12.7 Å². The molecular weight excluding hydrogens is 487 g/mol. The smallest absolute Gasteiger partial charge is 0.247 e. The second-order valence-corrected chi connectivity index (χ2v) is 10.1. The van der Waals surface area contributed by atoms with Gasteiger partial charge < -0.3 is 15.0 Å². The molecule has 38 heavy (non-hydrogen) atoms. The minimum absolute atomic E-state index is 0.116. The molecule has 1 aliphatic heterocycles. The maximum absolute atomic E-state index is 13.8. The van der Waals surface area contributed by atoms with Gasteiger partial charge in [0.1, 0.15) is 18.4 Å². The summed E-state index contributed by atoms with van der Waals surface area (Å²) < 4.78 is 19.2. The zero-order valence-corrected chi connectivity index (χ0v) is 21.6. The molecule has 2 amide bonds. The van der Waals surface area contributed by atoms with Gasteiger partial charge in [0.15, 0.2) is 0 Å². The lowest BCUT2D eigenvalue weighted by Crippen LogP contribution is -2.49. The summed E-state index contributed by atoms with van der Waals surface area (Å²) in [6, 6.07) is 12.8. The first-order valence-electron chi connectivity index (χ1n) is 13.3. The molecule has 0 radical (unpaired) electrons. The van der Waals surface area contributed by atoms with Crippen LogP contribution in [0.15, 0.2) is 48.5 Å². The first-order valence-corrected chi connectivity index (χ1v) is 13.3. The summed E-state index contributed by atoms with van der Waals surface area (Å²) in [6.07, 6.45) is 5.67. The Morgan fingerprint density at radius 2 is 1.82 bits per heavy atom. The highest BCUT2D eigenvalue weighted by atomic mass is 19.1. The van der Waals surface area contributed by atoms with Crippen molar-refractivity contribution in [1.29, 1.82) is 0 Å². The van der Waals surface area contributed by atoms with E-state index in [1.165, 1.54) is 16.9 Å². The van der Waals surface area contributed by atoms with Crippen LogP contribution in [0.1, 0.15) is 55.7 Å². The summed E-state index contributed by atoms with van der Waals surface area (Å²) in [4.78, 5) is 30.4. The Bertz CT molecular complexity index is 1230. The van der Waals surface area contributed by atoms with Crippen LogP contribution in [0.2, 0.25) is 0 Å². The highest BCUT2D eigenvalue weighted by Crippen LogP contribution is 2.27. The zero-order chi connectivity index (χ0) is 26.5. The van der Waals surface area contributed by atoms with Gasteiger partial charge >= 0.3 is 0 Å². The number of rotatable bonds is 9. The topological polar surface area (TPSA) is 102 Å². The van der Waals surface area contributed by atoms with Crippen molar-refractivity contribution >= 4 is 11.8 Å². The zero-order valence-electron chi connectivity index (χ0n) is 21.6. The number of amides is 2. The van der Waals surface area contributed by atoms with E-state index in [0.717, 1.165) is 49.7 Å². The van der Waals surface area contributed by atoms with Crippen LogP contribution < -0.4 is 5.32 Å². The number of carbonyl (C=O) groups is 2. The summed E-state index contributed by atoms with van der Waals surface area (Å²) >= 11 is 0. The van der Waals surface area contributed by atoms with Gasteiger partial charge in [-0.2, -0.15) is 4.80 Å². The first kappa shape index (κ1) is 26.0. The van der Waals surface area contributed by atoms with Gasteiger partial charge in [0.2, 0.25) is 17.6 Å². The second kappa shape index (κ2) is 11.8. The minimum atomic E-state index is -0.812. The third kappa shape index (κ3) is 6.24. The van der Waals surface area contributed by atoms with E-state index in [9.17, 15) is 14.0 Å². The molecule has 1 aliphatic carbocycles. The predicted molar refractivity (Wildman–Crippen MR) is 138 cm³/mol. The monoisotopic (exact) mass is 520 g/mol. The summed E-state index contributed by atoms with van der Waals surface area (Å²) in [6.45, 7) is 2.72. The van der Waals surface area contributed by atoms with Crippen LogP contribution in [-0.2, 0) is 20.9 Å². The molecule has 2 atom stereocenters. The van der Waals surface area contributed by atoms with E-state index in [1.807, 2.05) is 31.2 Å². The molecule has 3 aromatic rings. The Kier molecular flexibility index (Phi) is 8.07. The molecule has 1 N–H and O–H groups in total. The highest BCUT2D eigenvalue weighted by molar-refractivity contribution is 5.89. The molecule has 1 saturated heterocycles. The van der Waals surface area contributed by atoms with E-state index in [0.29, 0.717) is 12.2 Å². The number of hydrogen-bond donors (Lipinski definition) is 1. The predicted octanol–water partition coefficient (Wildman–Crippen LogP) is 3.60. The van der Waals surface area contributed by atoms with Gasteiger partial charge in [-0.1, -0.05) is 42.7 Å². The first-order chi connectivity index (χ1) is 18.5. The molecule has 2 heterocycles. The lowest BCUT2D eigenvalue weighted by Gasteiger charge is -2.33. The van der Waals surface area contributed by atoms with Crippen molar-refractivity contribution in [2.24, 2.45) is 0 Å². The van der Waals surface area contributed by atoms with Gasteiger partial charge in [-0.3, -0.25) is 9.59 Å². The standard InChI is InChI=1S/C28H33FN6O3/c1-19-8-10-20(11-9-19)26(28(37)30-23-5-2-3-6-23)34(17-24-7-4-16-38-24)25(36)18-35-32-27(31-33-35)21-12-14-22(29)15-13-21/h8-15,23-24,26H,2-7,16-18H2,1H3,(H,30,37)/t24-,26+/m0/s1. The molecule has 200 valence electrons.